The topological polar surface area (TPSA) is 79.4 Å². The highest BCUT2D eigenvalue weighted by Gasteiger charge is 2.32. The molecular weight excluding hydrogens is 362 g/mol. The highest BCUT2D eigenvalue weighted by atomic mass is 16.5. The van der Waals surface area contributed by atoms with E-state index in [-0.39, 0.29) is 17.7 Å². The van der Waals surface area contributed by atoms with E-state index < -0.39 is 0 Å². The molecule has 3 amide bonds. The Morgan fingerprint density at radius 3 is 1.96 bits per heavy atom. The molecule has 2 aliphatic rings. The third kappa shape index (κ3) is 4.37. The van der Waals surface area contributed by atoms with Crippen LogP contribution in [0, 0.1) is 5.92 Å². The quantitative estimate of drug-likeness (QED) is 0.698. The van der Waals surface area contributed by atoms with Gasteiger partial charge in [0.25, 0.3) is 5.91 Å². The number of methoxy groups -OCH3 is 2. The minimum Gasteiger partial charge on any atom is -0.497 e. The molecule has 28 heavy (non-hydrogen) atoms. The molecule has 0 aliphatic carbocycles. The first-order chi connectivity index (χ1) is 13.5. The van der Waals surface area contributed by atoms with E-state index >= 15 is 0 Å². The van der Waals surface area contributed by atoms with Crippen LogP contribution in [0.3, 0.4) is 0 Å². The van der Waals surface area contributed by atoms with Gasteiger partial charge in [0, 0.05) is 56.8 Å². The number of ether oxygens (including phenoxy) is 2. The minimum absolute atomic E-state index is 0.0633. The maximum atomic E-state index is 12.9. The number of amides is 3. The van der Waals surface area contributed by atoms with Gasteiger partial charge in [0.05, 0.1) is 14.2 Å². The predicted octanol–water partition coefficient (Wildman–Crippen LogP) is 0.857. The number of benzene rings is 1. The second kappa shape index (κ2) is 8.95. The molecule has 0 radical (unpaired) electrons. The molecule has 0 N–H and O–H groups in total. The first-order valence-corrected chi connectivity index (χ1v) is 9.56. The van der Waals surface area contributed by atoms with E-state index in [1.54, 1.807) is 42.2 Å². The number of piperazine rings is 1. The third-order valence-corrected chi connectivity index (χ3v) is 5.50. The van der Waals surface area contributed by atoms with Crippen molar-refractivity contribution in [1.29, 1.82) is 0 Å². The third-order valence-electron chi connectivity index (χ3n) is 5.50. The van der Waals surface area contributed by atoms with Crippen LogP contribution in [0.25, 0.3) is 0 Å². The van der Waals surface area contributed by atoms with Crippen molar-refractivity contribution in [3.8, 4) is 11.5 Å². The molecule has 0 aromatic heterocycles. The van der Waals surface area contributed by atoms with E-state index in [0.717, 1.165) is 6.41 Å². The molecule has 2 fully saturated rings. The Morgan fingerprint density at radius 2 is 1.46 bits per heavy atom. The van der Waals surface area contributed by atoms with Crippen LogP contribution in [-0.4, -0.2) is 86.4 Å². The molecule has 8 heteroatoms. The Bertz CT molecular complexity index is 700. The molecule has 0 spiro atoms. The van der Waals surface area contributed by atoms with Gasteiger partial charge in [-0.2, -0.15) is 0 Å². The number of nitrogens with zero attached hydrogens (tertiary/aromatic N) is 3. The molecular formula is C20H27N3O5. The van der Waals surface area contributed by atoms with Crippen LogP contribution in [0.4, 0.5) is 0 Å². The van der Waals surface area contributed by atoms with Gasteiger partial charge in [-0.3, -0.25) is 14.4 Å². The summed E-state index contributed by atoms with van der Waals surface area (Å²) in [5, 5.41) is 0. The van der Waals surface area contributed by atoms with Crippen LogP contribution in [-0.2, 0) is 9.59 Å². The number of carbonyl (C=O) groups excluding carboxylic acids is 3. The Balaban J connectivity index is 1.57. The van der Waals surface area contributed by atoms with E-state index in [4.69, 9.17) is 9.47 Å². The normalized spacial score (nSPS) is 18.0. The highest BCUT2D eigenvalue weighted by molar-refractivity contribution is 5.95. The number of rotatable bonds is 5. The number of carbonyl (C=O) groups is 3. The lowest BCUT2D eigenvalue weighted by Crippen LogP contribution is -2.51. The SMILES string of the molecule is COc1cc(OC)cc(C(=O)N2CCC(C(=O)N3CCN(C=O)CC3)CC2)c1. The summed E-state index contributed by atoms with van der Waals surface area (Å²) < 4.78 is 10.5. The molecule has 0 saturated carbocycles. The molecule has 3 rings (SSSR count). The standard InChI is InChI=1S/C20H27N3O5/c1-27-17-11-16(12-18(13-17)28-2)20(26)22-5-3-15(4-6-22)19(25)23-9-7-21(14-24)8-10-23/h11-15H,3-10H2,1-2H3. The number of piperidine rings is 1. The Hall–Kier alpha value is -2.77. The average Bonchev–Trinajstić information content (AvgIpc) is 2.77. The van der Waals surface area contributed by atoms with Crippen molar-refractivity contribution in [3.05, 3.63) is 23.8 Å². The van der Waals surface area contributed by atoms with E-state index in [1.165, 1.54) is 0 Å². The summed E-state index contributed by atoms with van der Waals surface area (Å²) in [6, 6.07) is 5.13. The summed E-state index contributed by atoms with van der Waals surface area (Å²) >= 11 is 0. The molecule has 1 aromatic rings. The lowest BCUT2D eigenvalue weighted by molar-refractivity contribution is -0.140. The van der Waals surface area contributed by atoms with Crippen molar-refractivity contribution >= 4 is 18.2 Å². The van der Waals surface area contributed by atoms with Crippen LogP contribution in [0.1, 0.15) is 23.2 Å². The van der Waals surface area contributed by atoms with Gasteiger partial charge in [0.15, 0.2) is 0 Å². The number of likely N-dealkylation sites (tertiary alicyclic amines) is 1. The van der Waals surface area contributed by atoms with Crippen LogP contribution in [0.5, 0.6) is 11.5 Å². The summed E-state index contributed by atoms with van der Waals surface area (Å²) in [5.74, 6) is 1.14. The summed E-state index contributed by atoms with van der Waals surface area (Å²) in [5.41, 5.74) is 0.519. The monoisotopic (exact) mass is 389 g/mol. The van der Waals surface area contributed by atoms with Crippen molar-refractivity contribution in [1.82, 2.24) is 14.7 Å². The summed E-state index contributed by atoms with van der Waals surface area (Å²) in [4.78, 5) is 41.7. The van der Waals surface area contributed by atoms with Crippen molar-refractivity contribution in [3.63, 3.8) is 0 Å². The lowest BCUT2D eigenvalue weighted by atomic mass is 9.94. The van der Waals surface area contributed by atoms with Crippen molar-refractivity contribution in [2.45, 2.75) is 12.8 Å². The fourth-order valence-corrected chi connectivity index (χ4v) is 3.75. The summed E-state index contributed by atoms with van der Waals surface area (Å²) in [6.07, 6.45) is 2.14. The molecule has 2 saturated heterocycles. The largest absolute Gasteiger partial charge is 0.497 e. The van der Waals surface area contributed by atoms with Crippen molar-refractivity contribution in [2.24, 2.45) is 5.92 Å². The lowest BCUT2D eigenvalue weighted by Gasteiger charge is -2.37. The first kappa shape index (κ1) is 20.0. The maximum Gasteiger partial charge on any atom is 0.254 e. The number of hydrogen-bond donors (Lipinski definition) is 0. The zero-order chi connectivity index (χ0) is 20.1. The number of hydrogen-bond acceptors (Lipinski definition) is 5. The van der Waals surface area contributed by atoms with Crippen LogP contribution in [0.15, 0.2) is 18.2 Å². The van der Waals surface area contributed by atoms with Gasteiger partial charge < -0.3 is 24.2 Å². The van der Waals surface area contributed by atoms with Gasteiger partial charge in [-0.1, -0.05) is 0 Å². The van der Waals surface area contributed by atoms with E-state index in [9.17, 15) is 14.4 Å². The zero-order valence-electron chi connectivity index (χ0n) is 16.4. The maximum absolute atomic E-state index is 12.9. The van der Waals surface area contributed by atoms with Gasteiger partial charge in [0.1, 0.15) is 11.5 Å². The van der Waals surface area contributed by atoms with E-state index in [1.807, 2.05) is 4.90 Å². The smallest absolute Gasteiger partial charge is 0.254 e. The molecule has 8 nitrogen and oxygen atoms in total. The van der Waals surface area contributed by atoms with Crippen LogP contribution in [0.2, 0.25) is 0 Å². The predicted molar refractivity (Wildman–Crippen MR) is 102 cm³/mol. The fourth-order valence-electron chi connectivity index (χ4n) is 3.75. The molecule has 152 valence electrons. The highest BCUT2D eigenvalue weighted by Crippen LogP contribution is 2.26. The van der Waals surface area contributed by atoms with Crippen molar-refractivity contribution in [2.75, 3.05) is 53.5 Å². The van der Waals surface area contributed by atoms with E-state index in [2.05, 4.69) is 0 Å². The second-order valence-electron chi connectivity index (χ2n) is 7.13. The fraction of sp³-hybridized carbons (Fsp3) is 0.550. The van der Waals surface area contributed by atoms with Gasteiger partial charge in [0.2, 0.25) is 12.3 Å². The Kier molecular flexibility index (Phi) is 6.38. The van der Waals surface area contributed by atoms with Crippen LogP contribution < -0.4 is 9.47 Å². The molecule has 2 aliphatic heterocycles. The zero-order valence-corrected chi connectivity index (χ0v) is 16.4. The molecule has 0 bridgehead atoms. The molecule has 0 atom stereocenters. The average molecular weight is 389 g/mol. The summed E-state index contributed by atoms with van der Waals surface area (Å²) in [6.45, 7) is 3.43. The Labute approximate surface area is 165 Å². The van der Waals surface area contributed by atoms with Gasteiger partial charge in [-0.25, -0.2) is 0 Å². The van der Waals surface area contributed by atoms with Gasteiger partial charge >= 0.3 is 0 Å². The Morgan fingerprint density at radius 1 is 0.893 bits per heavy atom. The minimum atomic E-state index is -0.0808. The van der Waals surface area contributed by atoms with Crippen LogP contribution >= 0.6 is 0 Å². The molecule has 1 aromatic carbocycles. The molecule has 0 unspecified atom stereocenters. The van der Waals surface area contributed by atoms with Gasteiger partial charge in [-0.05, 0) is 25.0 Å². The second-order valence-corrected chi connectivity index (χ2v) is 7.13. The van der Waals surface area contributed by atoms with E-state index in [0.29, 0.717) is 69.2 Å². The summed E-state index contributed by atoms with van der Waals surface area (Å²) in [7, 11) is 3.10. The van der Waals surface area contributed by atoms with Gasteiger partial charge in [-0.15, -0.1) is 0 Å². The molecule has 2 heterocycles. The first-order valence-electron chi connectivity index (χ1n) is 9.56. The van der Waals surface area contributed by atoms with Crippen molar-refractivity contribution < 1.29 is 23.9 Å².